The van der Waals surface area contributed by atoms with Crippen molar-refractivity contribution in [1.82, 2.24) is 10.0 Å². The minimum atomic E-state index is -0.675. The van der Waals surface area contributed by atoms with Gasteiger partial charge < -0.3 is 0 Å². The zero-order chi connectivity index (χ0) is 23.0. The monoisotopic (exact) mass is 514 g/mol. The molecule has 0 aromatic heterocycles. The summed E-state index contributed by atoms with van der Waals surface area (Å²) in [7, 11) is 0. The highest BCUT2D eigenvalue weighted by Gasteiger charge is 2.51. The van der Waals surface area contributed by atoms with Gasteiger partial charge >= 0.3 is 0 Å². The normalized spacial score (nSPS) is 20.1. The van der Waals surface area contributed by atoms with Gasteiger partial charge in [0.1, 0.15) is 6.54 Å². The van der Waals surface area contributed by atoms with Crippen LogP contribution in [-0.2, 0) is 9.59 Å². The van der Waals surface area contributed by atoms with Gasteiger partial charge in [0.05, 0.1) is 22.4 Å². The summed E-state index contributed by atoms with van der Waals surface area (Å²) in [5.74, 6) is -3.06. The number of amides is 3. The van der Waals surface area contributed by atoms with E-state index in [2.05, 4.69) is 15.9 Å². The average molecular weight is 516 g/mol. The molecule has 2 aromatic rings. The molecule has 1 aliphatic heterocycles. The fourth-order valence-corrected chi connectivity index (χ4v) is 4.61. The quantitative estimate of drug-likeness (QED) is 0.329. The lowest BCUT2D eigenvalue weighted by atomic mass is 9.82. The fourth-order valence-electron chi connectivity index (χ4n) is 4.13. The summed E-state index contributed by atoms with van der Waals surface area (Å²) < 4.78 is 0.801. The van der Waals surface area contributed by atoms with Gasteiger partial charge in [0, 0.05) is 10.0 Å². The van der Waals surface area contributed by atoms with Crippen LogP contribution in [0.4, 0.5) is 0 Å². The average Bonchev–Trinajstić information content (AvgIpc) is 3.01. The van der Waals surface area contributed by atoms with Crippen LogP contribution in [-0.4, -0.2) is 40.1 Å². The van der Waals surface area contributed by atoms with Crippen molar-refractivity contribution < 1.29 is 19.2 Å². The SMILES string of the molecule is CC1=CC[C@H]2C(=O)N(N(CC(=O)c3ccc(Br)cc3)C(=O)c3ccccc3Cl)C(=O)[C@@H]2C1. The van der Waals surface area contributed by atoms with Crippen LogP contribution in [0.3, 0.4) is 0 Å². The topological polar surface area (TPSA) is 74.8 Å². The van der Waals surface area contributed by atoms with Crippen molar-refractivity contribution in [2.75, 3.05) is 6.54 Å². The highest BCUT2D eigenvalue weighted by molar-refractivity contribution is 9.10. The Labute approximate surface area is 198 Å². The van der Waals surface area contributed by atoms with E-state index in [9.17, 15) is 19.2 Å². The first-order chi connectivity index (χ1) is 15.3. The predicted molar refractivity (Wildman–Crippen MR) is 123 cm³/mol. The summed E-state index contributed by atoms with van der Waals surface area (Å²) in [6.45, 7) is 1.45. The van der Waals surface area contributed by atoms with Gasteiger partial charge in [0.15, 0.2) is 5.78 Å². The second kappa shape index (κ2) is 9.00. The molecule has 1 heterocycles. The molecule has 1 fully saturated rings. The number of carbonyl (C=O) groups excluding carboxylic acids is 4. The number of halogens is 2. The summed E-state index contributed by atoms with van der Waals surface area (Å²) in [5.41, 5.74) is 1.51. The number of fused-ring (bicyclic) bond motifs is 1. The second-order valence-electron chi connectivity index (χ2n) is 7.96. The van der Waals surface area contributed by atoms with Crippen LogP contribution in [0, 0.1) is 11.8 Å². The minimum Gasteiger partial charge on any atom is -0.292 e. The van der Waals surface area contributed by atoms with E-state index in [1.165, 1.54) is 6.07 Å². The molecule has 1 saturated heterocycles. The van der Waals surface area contributed by atoms with Gasteiger partial charge in [0.25, 0.3) is 17.7 Å². The van der Waals surface area contributed by atoms with Gasteiger partial charge in [-0.1, -0.05) is 63.4 Å². The van der Waals surface area contributed by atoms with Gasteiger partial charge in [0.2, 0.25) is 0 Å². The van der Waals surface area contributed by atoms with E-state index >= 15 is 0 Å². The number of nitrogens with zero attached hydrogens (tertiary/aromatic N) is 2. The molecule has 0 spiro atoms. The van der Waals surface area contributed by atoms with E-state index in [0.29, 0.717) is 18.4 Å². The number of hydrogen-bond acceptors (Lipinski definition) is 4. The maximum absolute atomic E-state index is 13.5. The first kappa shape index (κ1) is 22.4. The molecule has 4 rings (SSSR count). The third-order valence-corrected chi connectivity index (χ3v) is 6.70. The molecular formula is C24H20BrClN2O4. The van der Waals surface area contributed by atoms with E-state index in [1.54, 1.807) is 42.5 Å². The van der Waals surface area contributed by atoms with Crippen molar-refractivity contribution in [2.24, 2.45) is 11.8 Å². The number of carbonyl (C=O) groups is 4. The van der Waals surface area contributed by atoms with Crippen molar-refractivity contribution in [1.29, 1.82) is 0 Å². The van der Waals surface area contributed by atoms with Crippen LogP contribution in [0.5, 0.6) is 0 Å². The van der Waals surface area contributed by atoms with Crippen molar-refractivity contribution >= 4 is 51.0 Å². The van der Waals surface area contributed by atoms with Crippen molar-refractivity contribution in [3.05, 3.63) is 80.8 Å². The molecule has 0 saturated carbocycles. The Morgan fingerprint density at radius 1 is 1.06 bits per heavy atom. The third kappa shape index (κ3) is 4.14. The Morgan fingerprint density at radius 2 is 1.72 bits per heavy atom. The maximum atomic E-state index is 13.5. The minimum absolute atomic E-state index is 0.113. The van der Waals surface area contributed by atoms with E-state index in [-0.39, 0.29) is 10.6 Å². The highest BCUT2D eigenvalue weighted by atomic mass is 79.9. The first-order valence-electron chi connectivity index (χ1n) is 10.2. The van der Waals surface area contributed by atoms with E-state index < -0.39 is 41.9 Å². The van der Waals surface area contributed by atoms with E-state index in [4.69, 9.17) is 11.6 Å². The molecular weight excluding hydrogens is 496 g/mol. The molecule has 2 aromatic carbocycles. The number of benzene rings is 2. The van der Waals surface area contributed by atoms with Gasteiger partial charge in [-0.05, 0) is 44.0 Å². The summed E-state index contributed by atoms with van der Waals surface area (Å²) in [4.78, 5) is 52.9. The van der Waals surface area contributed by atoms with Crippen LogP contribution in [0.15, 0.2) is 64.7 Å². The second-order valence-corrected chi connectivity index (χ2v) is 9.29. The number of hydrazine groups is 1. The molecule has 3 amide bonds. The molecule has 8 heteroatoms. The summed E-state index contributed by atoms with van der Waals surface area (Å²) >= 11 is 9.54. The Hall–Kier alpha value is -2.77. The van der Waals surface area contributed by atoms with Crippen LogP contribution in [0.2, 0.25) is 5.02 Å². The number of allylic oxidation sites excluding steroid dienone is 2. The molecule has 164 valence electrons. The molecule has 0 N–H and O–H groups in total. The van der Waals surface area contributed by atoms with Gasteiger partial charge in [-0.25, -0.2) is 5.01 Å². The number of imide groups is 1. The van der Waals surface area contributed by atoms with Crippen LogP contribution in [0.25, 0.3) is 0 Å². The maximum Gasteiger partial charge on any atom is 0.274 e. The molecule has 0 radical (unpaired) electrons. The summed E-state index contributed by atoms with van der Waals surface area (Å²) in [6.07, 6.45) is 2.84. The third-order valence-electron chi connectivity index (χ3n) is 5.84. The van der Waals surface area contributed by atoms with E-state index in [0.717, 1.165) is 20.1 Å². The molecule has 0 bridgehead atoms. The molecule has 1 aliphatic carbocycles. The number of hydrogen-bond donors (Lipinski definition) is 0. The lowest BCUT2D eigenvalue weighted by molar-refractivity contribution is -0.154. The Kier molecular flexibility index (Phi) is 6.31. The number of rotatable bonds is 5. The van der Waals surface area contributed by atoms with Crippen LogP contribution >= 0.6 is 27.5 Å². The number of ketones is 1. The lowest BCUT2D eigenvalue weighted by Gasteiger charge is -2.30. The Bertz CT molecular complexity index is 1140. The molecule has 0 unspecified atom stereocenters. The zero-order valence-corrected chi connectivity index (χ0v) is 19.6. The first-order valence-corrected chi connectivity index (χ1v) is 11.3. The van der Waals surface area contributed by atoms with Crippen LogP contribution in [0.1, 0.15) is 40.5 Å². The Balaban J connectivity index is 1.71. The van der Waals surface area contributed by atoms with E-state index in [1.807, 2.05) is 13.0 Å². The summed E-state index contributed by atoms with van der Waals surface area (Å²) in [6, 6.07) is 13.0. The van der Waals surface area contributed by atoms with Gasteiger partial charge in [-0.15, -0.1) is 0 Å². The van der Waals surface area contributed by atoms with Gasteiger partial charge in [-0.3, -0.25) is 19.2 Å². The Morgan fingerprint density at radius 3 is 2.41 bits per heavy atom. The van der Waals surface area contributed by atoms with Crippen LogP contribution < -0.4 is 0 Å². The van der Waals surface area contributed by atoms with Gasteiger partial charge in [-0.2, -0.15) is 5.01 Å². The molecule has 2 aliphatic rings. The zero-order valence-electron chi connectivity index (χ0n) is 17.3. The standard InChI is InChI=1S/C24H20BrClN2O4/c1-14-6-11-17-19(12-14)24(32)28(23(17)31)27(22(30)18-4-2-3-5-20(18)26)13-21(29)15-7-9-16(25)10-8-15/h2-10,17,19H,11-13H2,1H3/t17-,19-/m1/s1. The molecule has 2 atom stereocenters. The predicted octanol–water partition coefficient (Wildman–Crippen LogP) is 4.68. The largest absolute Gasteiger partial charge is 0.292 e. The van der Waals surface area contributed by atoms with Crippen molar-refractivity contribution in [2.45, 2.75) is 19.8 Å². The molecule has 6 nitrogen and oxygen atoms in total. The lowest BCUT2D eigenvalue weighted by Crippen LogP contribution is -2.52. The smallest absolute Gasteiger partial charge is 0.274 e. The fraction of sp³-hybridized carbons (Fsp3) is 0.250. The van der Waals surface area contributed by atoms with Crippen molar-refractivity contribution in [3.63, 3.8) is 0 Å². The molecule has 32 heavy (non-hydrogen) atoms. The number of Topliss-reactive ketones (excluding diaryl/α,β-unsaturated/α-hetero) is 1. The summed E-state index contributed by atoms with van der Waals surface area (Å²) in [5, 5.41) is 1.99. The highest BCUT2D eigenvalue weighted by Crippen LogP contribution is 2.38. The van der Waals surface area contributed by atoms with Crippen molar-refractivity contribution in [3.8, 4) is 0 Å².